The van der Waals surface area contributed by atoms with Gasteiger partial charge in [-0.3, -0.25) is 4.99 Å². The molecule has 1 aliphatic carbocycles. The Morgan fingerprint density at radius 1 is 1.26 bits per heavy atom. The summed E-state index contributed by atoms with van der Waals surface area (Å²) >= 11 is 1.92. The molecular formula is C15H19N3S. The van der Waals surface area contributed by atoms with E-state index in [0.717, 1.165) is 25.9 Å². The summed E-state index contributed by atoms with van der Waals surface area (Å²) in [6, 6.07) is 0. The number of fused-ring (bicyclic) bond motifs is 5. The van der Waals surface area contributed by atoms with Crippen molar-refractivity contribution >= 4 is 28.0 Å². The number of nitrogens with zero attached hydrogens (tertiary/aromatic N) is 3. The molecule has 0 N–H and O–H groups in total. The molecule has 0 spiro atoms. The number of thiophene rings is 1. The van der Waals surface area contributed by atoms with E-state index in [-0.39, 0.29) is 0 Å². The number of hydrogen-bond donors (Lipinski definition) is 0. The maximum atomic E-state index is 4.96. The van der Waals surface area contributed by atoms with E-state index in [1.807, 2.05) is 11.3 Å². The molecule has 4 heteroatoms. The molecule has 0 fully saturated rings. The molecule has 19 heavy (non-hydrogen) atoms. The third-order valence-corrected chi connectivity index (χ3v) is 5.42. The maximum absolute atomic E-state index is 4.96. The molecule has 2 aliphatic heterocycles. The van der Waals surface area contributed by atoms with Gasteiger partial charge in [-0.1, -0.05) is 6.92 Å². The van der Waals surface area contributed by atoms with Gasteiger partial charge in [-0.2, -0.15) is 0 Å². The molecule has 0 bridgehead atoms. The predicted molar refractivity (Wildman–Crippen MR) is 81.1 cm³/mol. The van der Waals surface area contributed by atoms with Crippen molar-refractivity contribution < 1.29 is 0 Å². The molecule has 3 aliphatic rings. The van der Waals surface area contributed by atoms with Crippen molar-refractivity contribution in [2.45, 2.75) is 45.4 Å². The topological polar surface area (TPSA) is 28.0 Å². The Balaban J connectivity index is 1.88. The van der Waals surface area contributed by atoms with E-state index in [0.29, 0.717) is 0 Å². The van der Waals surface area contributed by atoms with Crippen LogP contribution in [0.4, 0.5) is 5.00 Å². The maximum Gasteiger partial charge on any atom is 0.139 e. The van der Waals surface area contributed by atoms with Gasteiger partial charge in [0.05, 0.1) is 12.1 Å². The van der Waals surface area contributed by atoms with Crippen molar-refractivity contribution in [2.75, 3.05) is 13.1 Å². The lowest BCUT2D eigenvalue weighted by molar-refractivity contribution is 0.636. The van der Waals surface area contributed by atoms with E-state index in [1.54, 1.807) is 10.4 Å². The Kier molecular flexibility index (Phi) is 2.72. The Labute approximate surface area is 118 Å². The van der Waals surface area contributed by atoms with Gasteiger partial charge in [-0.05, 0) is 37.7 Å². The van der Waals surface area contributed by atoms with E-state index >= 15 is 0 Å². The largest absolute Gasteiger partial charge is 0.312 e. The van der Waals surface area contributed by atoms with Gasteiger partial charge in [0.1, 0.15) is 16.7 Å². The Bertz CT molecular complexity index is 582. The van der Waals surface area contributed by atoms with Crippen LogP contribution < -0.4 is 0 Å². The minimum atomic E-state index is 0.933. The minimum absolute atomic E-state index is 0.933. The average Bonchev–Trinajstić information content (AvgIpc) is 3.02. The standard InChI is InChI=1S/C15H19N3S/c1-2-5-12-17-15-13(14-16-8-9-18(12)14)10-6-3-4-7-11(10)19-15/h2-9H2,1H3. The van der Waals surface area contributed by atoms with Crippen LogP contribution in [0.2, 0.25) is 0 Å². The van der Waals surface area contributed by atoms with Crippen molar-refractivity contribution in [3.63, 3.8) is 0 Å². The summed E-state index contributed by atoms with van der Waals surface area (Å²) in [5.74, 6) is 2.47. The highest BCUT2D eigenvalue weighted by molar-refractivity contribution is 7.16. The lowest BCUT2D eigenvalue weighted by atomic mass is 9.94. The summed E-state index contributed by atoms with van der Waals surface area (Å²) in [6.45, 7) is 4.19. The molecule has 0 radical (unpaired) electrons. The zero-order chi connectivity index (χ0) is 12.8. The number of aryl methyl sites for hydroxylation is 1. The second-order valence-electron chi connectivity index (χ2n) is 5.53. The van der Waals surface area contributed by atoms with Crippen molar-refractivity contribution in [3.8, 4) is 0 Å². The van der Waals surface area contributed by atoms with Crippen LogP contribution in [-0.4, -0.2) is 29.7 Å². The molecule has 4 rings (SSSR count). The van der Waals surface area contributed by atoms with E-state index in [1.165, 1.54) is 47.9 Å². The zero-order valence-electron chi connectivity index (χ0n) is 11.4. The van der Waals surface area contributed by atoms with Crippen LogP contribution in [0.3, 0.4) is 0 Å². The third kappa shape index (κ3) is 1.69. The first kappa shape index (κ1) is 11.6. The molecule has 3 nitrogen and oxygen atoms in total. The van der Waals surface area contributed by atoms with Crippen LogP contribution in [0.1, 0.15) is 48.6 Å². The van der Waals surface area contributed by atoms with E-state index < -0.39 is 0 Å². The first-order valence-corrected chi connectivity index (χ1v) is 8.24. The van der Waals surface area contributed by atoms with E-state index in [4.69, 9.17) is 9.98 Å². The highest BCUT2D eigenvalue weighted by Gasteiger charge is 2.34. The van der Waals surface area contributed by atoms with Gasteiger partial charge in [0.15, 0.2) is 0 Å². The quantitative estimate of drug-likeness (QED) is 0.810. The summed E-state index contributed by atoms with van der Waals surface area (Å²) in [5, 5.41) is 1.24. The summed E-state index contributed by atoms with van der Waals surface area (Å²) in [5.41, 5.74) is 2.95. The molecule has 0 amide bonds. The molecule has 0 saturated heterocycles. The molecule has 1 aromatic rings. The van der Waals surface area contributed by atoms with Crippen LogP contribution >= 0.6 is 11.3 Å². The van der Waals surface area contributed by atoms with Gasteiger partial charge in [-0.15, -0.1) is 11.3 Å². The summed E-state index contributed by atoms with van der Waals surface area (Å²) in [7, 11) is 0. The number of aliphatic imine (C=N–C) groups is 2. The second-order valence-corrected chi connectivity index (χ2v) is 6.61. The Hall–Kier alpha value is -1.16. The van der Waals surface area contributed by atoms with Gasteiger partial charge in [0.2, 0.25) is 0 Å². The third-order valence-electron chi connectivity index (χ3n) is 4.23. The van der Waals surface area contributed by atoms with Crippen LogP contribution in [0, 0.1) is 0 Å². The zero-order valence-corrected chi connectivity index (χ0v) is 12.2. The fourth-order valence-electron chi connectivity index (χ4n) is 3.37. The van der Waals surface area contributed by atoms with Crippen molar-refractivity contribution in [1.82, 2.24) is 4.90 Å². The monoisotopic (exact) mass is 273 g/mol. The first-order chi connectivity index (χ1) is 9.38. The predicted octanol–water partition coefficient (Wildman–Crippen LogP) is 3.53. The summed E-state index contributed by atoms with van der Waals surface area (Å²) in [4.78, 5) is 13.7. The fourth-order valence-corrected chi connectivity index (χ4v) is 4.64. The van der Waals surface area contributed by atoms with E-state index in [2.05, 4.69) is 11.8 Å². The minimum Gasteiger partial charge on any atom is -0.312 e. The molecule has 3 heterocycles. The van der Waals surface area contributed by atoms with Crippen LogP contribution in [0.5, 0.6) is 0 Å². The first-order valence-electron chi connectivity index (χ1n) is 7.43. The van der Waals surface area contributed by atoms with Crippen LogP contribution in [0.15, 0.2) is 9.98 Å². The number of hydrogen-bond acceptors (Lipinski definition) is 4. The molecule has 1 aromatic heterocycles. The molecule has 0 aromatic carbocycles. The van der Waals surface area contributed by atoms with Gasteiger partial charge >= 0.3 is 0 Å². The molecular weight excluding hydrogens is 254 g/mol. The summed E-state index contributed by atoms with van der Waals surface area (Å²) in [6.07, 6.45) is 7.37. The summed E-state index contributed by atoms with van der Waals surface area (Å²) < 4.78 is 0. The van der Waals surface area contributed by atoms with Crippen LogP contribution in [-0.2, 0) is 12.8 Å². The molecule has 0 unspecified atom stereocenters. The Morgan fingerprint density at radius 3 is 3.05 bits per heavy atom. The van der Waals surface area contributed by atoms with Gasteiger partial charge in [-0.25, -0.2) is 4.99 Å². The van der Waals surface area contributed by atoms with Gasteiger partial charge in [0, 0.05) is 17.8 Å². The van der Waals surface area contributed by atoms with Crippen molar-refractivity contribution in [2.24, 2.45) is 9.98 Å². The normalized spacial score (nSPS) is 20.6. The Morgan fingerprint density at radius 2 is 2.16 bits per heavy atom. The highest BCUT2D eigenvalue weighted by Crippen LogP contribution is 2.43. The van der Waals surface area contributed by atoms with Gasteiger partial charge in [0.25, 0.3) is 0 Å². The number of rotatable bonds is 2. The number of amidine groups is 2. The fraction of sp³-hybridized carbons (Fsp3) is 0.600. The second kappa shape index (κ2) is 4.44. The van der Waals surface area contributed by atoms with Crippen LogP contribution in [0.25, 0.3) is 0 Å². The van der Waals surface area contributed by atoms with Crippen molar-refractivity contribution in [3.05, 3.63) is 16.0 Å². The molecule has 100 valence electrons. The molecule has 0 saturated carbocycles. The highest BCUT2D eigenvalue weighted by atomic mass is 32.1. The lowest BCUT2D eigenvalue weighted by Gasteiger charge is -2.27. The van der Waals surface area contributed by atoms with E-state index in [9.17, 15) is 0 Å². The SMILES string of the molecule is CCCC1=Nc2sc3c(c2C2=NCCN12)CCCC3. The van der Waals surface area contributed by atoms with Crippen molar-refractivity contribution in [1.29, 1.82) is 0 Å². The lowest BCUT2D eigenvalue weighted by Crippen LogP contribution is -2.37. The smallest absolute Gasteiger partial charge is 0.139 e. The van der Waals surface area contributed by atoms with Gasteiger partial charge < -0.3 is 4.90 Å². The molecule has 0 atom stereocenters. The average molecular weight is 273 g/mol.